The van der Waals surface area contributed by atoms with Crippen LogP contribution in [0.3, 0.4) is 0 Å². The maximum atomic E-state index is 11.2. The highest BCUT2D eigenvalue weighted by Crippen LogP contribution is 1.99. The van der Waals surface area contributed by atoms with Crippen LogP contribution >= 0.6 is 11.8 Å². The first-order valence-electron chi connectivity index (χ1n) is 4.76. The van der Waals surface area contributed by atoms with Crippen molar-refractivity contribution in [3.8, 4) is 0 Å². The van der Waals surface area contributed by atoms with E-state index in [9.17, 15) is 4.79 Å². The number of amides is 1. The van der Waals surface area contributed by atoms with Gasteiger partial charge in [0.2, 0.25) is 5.91 Å². The van der Waals surface area contributed by atoms with Crippen molar-refractivity contribution in [2.24, 2.45) is 5.73 Å². The first-order valence-corrected chi connectivity index (χ1v) is 6.16. The number of carbonyl (C=O) groups excluding carboxylic acids is 1. The number of ether oxygens (including phenoxy) is 1. The van der Waals surface area contributed by atoms with Gasteiger partial charge in [-0.2, -0.15) is 11.8 Å². The minimum absolute atomic E-state index is 0.0629. The van der Waals surface area contributed by atoms with Gasteiger partial charge in [0, 0.05) is 12.6 Å². The molecule has 0 aromatic heterocycles. The SMILES string of the molecule is CSCCC(C)NC(=O)COCCN. The normalized spacial score (nSPS) is 12.5. The number of hydrogen-bond donors (Lipinski definition) is 2. The zero-order chi connectivity index (χ0) is 10.8. The Kier molecular flexibility index (Phi) is 9.13. The highest BCUT2D eigenvalue weighted by Gasteiger charge is 2.06. The van der Waals surface area contributed by atoms with E-state index in [0.29, 0.717) is 13.2 Å². The molecule has 1 unspecified atom stereocenters. The number of carbonyl (C=O) groups is 1. The van der Waals surface area contributed by atoms with Gasteiger partial charge in [0.15, 0.2) is 0 Å². The molecule has 0 bridgehead atoms. The van der Waals surface area contributed by atoms with Gasteiger partial charge in [0.1, 0.15) is 6.61 Å². The molecule has 0 aromatic rings. The molecular weight excluding hydrogens is 200 g/mol. The standard InChI is InChI=1S/C9H20N2O2S/c1-8(3-6-14-2)11-9(12)7-13-5-4-10/h8H,3-7,10H2,1-2H3,(H,11,12). The number of nitrogens with two attached hydrogens (primary N) is 1. The van der Waals surface area contributed by atoms with Crippen LogP contribution < -0.4 is 11.1 Å². The van der Waals surface area contributed by atoms with E-state index in [1.165, 1.54) is 0 Å². The number of thioether (sulfide) groups is 1. The fraction of sp³-hybridized carbons (Fsp3) is 0.889. The molecule has 0 spiro atoms. The summed E-state index contributed by atoms with van der Waals surface area (Å²) in [5, 5.41) is 2.86. The predicted octanol–water partition coefficient (Wildman–Crippen LogP) is 0.220. The van der Waals surface area contributed by atoms with Crippen LogP contribution in [-0.2, 0) is 9.53 Å². The average Bonchev–Trinajstić information content (AvgIpc) is 2.15. The second-order valence-corrected chi connectivity index (χ2v) is 4.08. The van der Waals surface area contributed by atoms with Crippen LogP contribution in [0.4, 0.5) is 0 Å². The number of nitrogens with one attached hydrogen (secondary N) is 1. The Balaban J connectivity index is 3.40. The summed E-state index contributed by atoms with van der Waals surface area (Å²) in [6.07, 6.45) is 3.04. The van der Waals surface area contributed by atoms with Crippen LogP contribution in [0.2, 0.25) is 0 Å². The summed E-state index contributed by atoms with van der Waals surface area (Å²) in [5.74, 6) is 0.998. The molecule has 0 rings (SSSR count). The zero-order valence-corrected chi connectivity index (χ0v) is 9.73. The fourth-order valence-electron chi connectivity index (χ4n) is 0.931. The van der Waals surface area contributed by atoms with E-state index in [1.54, 1.807) is 11.8 Å². The lowest BCUT2D eigenvalue weighted by Gasteiger charge is -2.12. The van der Waals surface area contributed by atoms with Crippen molar-refractivity contribution < 1.29 is 9.53 Å². The molecule has 84 valence electrons. The minimum Gasteiger partial charge on any atom is -0.370 e. The molecule has 0 fully saturated rings. The molecule has 0 aliphatic heterocycles. The maximum Gasteiger partial charge on any atom is 0.246 e. The average molecular weight is 220 g/mol. The smallest absolute Gasteiger partial charge is 0.246 e. The van der Waals surface area contributed by atoms with E-state index in [4.69, 9.17) is 10.5 Å². The largest absolute Gasteiger partial charge is 0.370 e. The van der Waals surface area contributed by atoms with Crippen molar-refractivity contribution in [3.63, 3.8) is 0 Å². The minimum atomic E-state index is -0.0629. The summed E-state index contributed by atoms with van der Waals surface area (Å²) in [4.78, 5) is 11.2. The van der Waals surface area contributed by atoms with Crippen molar-refractivity contribution in [1.29, 1.82) is 0 Å². The first kappa shape index (κ1) is 13.7. The van der Waals surface area contributed by atoms with Crippen LogP contribution in [0, 0.1) is 0 Å². The molecule has 0 aromatic carbocycles. The Labute approximate surface area is 89.9 Å². The number of hydrogen-bond acceptors (Lipinski definition) is 4. The zero-order valence-electron chi connectivity index (χ0n) is 8.91. The third-order valence-corrected chi connectivity index (χ3v) is 2.30. The van der Waals surface area contributed by atoms with Crippen molar-refractivity contribution in [2.45, 2.75) is 19.4 Å². The van der Waals surface area contributed by atoms with Gasteiger partial charge in [0.05, 0.1) is 6.61 Å². The third-order valence-electron chi connectivity index (χ3n) is 1.66. The molecule has 4 nitrogen and oxygen atoms in total. The van der Waals surface area contributed by atoms with E-state index < -0.39 is 0 Å². The molecule has 0 aliphatic carbocycles. The Bertz CT molecular complexity index is 156. The molecular formula is C9H20N2O2S. The van der Waals surface area contributed by atoms with Gasteiger partial charge in [0.25, 0.3) is 0 Å². The molecule has 0 aliphatic rings. The van der Waals surface area contributed by atoms with E-state index in [1.807, 2.05) is 6.92 Å². The second-order valence-electron chi connectivity index (χ2n) is 3.09. The van der Waals surface area contributed by atoms with Crippen LogP contribution in [0.15, 0.2) is 0 Å². The molecule has 3 N–H and O–H groups in total. The van der Waals surface area contributed by atoms with Crippen LogP contribution in [0.25, 0.3) is 0 Å². The van der Waals surface area contributed by atoms with Gasteiger partial charge in [-0.05, 0) is 25.4 Å². The summed E-state index contributed by atoms with van der Waals surface area (Å²) >= 11 is 1.78. The monoisotopic (exact) mass is 220 g/mol. The van der Waals surface area contributed by atoms with Crippen molar-refractivity contribution in [3.05, 3.63) is 0 Å². The van der Waals surface area contributed by atoms with E-state index in [-0.39, 0.29) is 18.6 Å². The Morgan fingerprint density at radius 1 is 1.64 bits per heavy atom. The summed E-state index contributed by atoms with van der Waals surface area (Å²) in [7, 11) is 0. The lowest BCUT2D eigenvalue weighted by Crippen LogP contribution is -2.36. The van der Waals surface area contributed by atoms with Gasteiger partial charge in [-0.1, -0.05) is 0 Å². The van der Waals surface area contributed by atoms with Gasteiger partial charge < -0.3 is 15.8 Å². The van der Waals surface area contributed by atoms with Crippen molar-refractivity contribution in [1.82, 2.24) is 5.32 Å². The predicted molar refractivity (Wildman–Crippen MR) is 60.5 cm³/mol. The second kappa shape index (κ2) is 9.30. The van der Waals surface area contributed by atoms with Crippen molar-refractivity contribution in [2.75, 3.05) is 31.8 Å². The summed E-state index contributed by atoms with van der Waals surface area (Å²) in [6.45, 7) is 3.00. The maximum absolute atomic E-state index is 11.2. The van der Waals surface area contributed by atoms with E-state index >= 15 is 0 Å². The van der Waals surface area contributed by atoms with Crippen molar-refractivity contribution >= 4 is 17.7 Å². The first-order chi connectivity index (χ1) is 6.70. The highest BCUT2D eigenvalue weighted by atomic mass is 32.2. The highest BCUT2D eigenvalue weighted by molar-refractivity contribution is 7.98. The topological polar surface area (TPSA) is 64.3 Å². The summed E-state index contributed by atoms with van der Waals surface area (Å²) < 4.78 is 5.01. The quantitative estimate of drug-likeness (QED) is 0.574. The third kappa shape index (κ3) is 8.34. The van der Waals surface area contributed by atoms with Gasteiger partial charge in [-0.15, -0.1) is 0 Å². The summed E-state index contributed by atoms with van der Waals surface area (Å²) in [6, 6.07) is 0.219. The summed E-state index contributed by atoms with van der Waals surface area (Å²) in [5.41, 5.74) is 5.22. The molecule has 1 atom stereocenters. The Morgan fingerprint density at radius 2 is 2.36 bits per heavy atom. The van der Waals surface area contributed by atoms with Crippen LogP contribution in [0.1, 0.15) is 13.3 Å². The fourth-order valence-corrected chi connectivity index (χ4v) is 1.52. The molecule has 5 heteroatoms. The van der Waals surface area contributed by atoms with Crippen LogP contribution in [0.5, 0.6) is 0 Å². The van der Waals surface area contributed by atoms with Gasteiger partial charge >= 0.3 is 0 Å². The Hall–Kier alpha value is -0.260. The lowest BCUT2D eigenvalue weighted by atomic mass is 10.2. The van der Waals surface area contributed by atoms with Gasteiger partial charge in [-0.3, -0.25) is 4.79 Å². The van der Waals surface area contributed by atoms with E-state index in [2.05, 4.69) is 11.6 Å². The molecule has 1 amide bonds. The lowest BCUT2D eigenvalue weighted by molar-refractivity contribution is -0.126. The molecule has 0 saturated carbocycles. The van der Waals surface area contributed by atoms with E-state index in [0.717, 1.165) is 12.2 Å². The van der Waals surface area contributed by atoms with Crippen LogP contribution in [-0.4, -0.2) is 43.7 Å². The molecule has 14 heavy (non-hydrogen) atoms. The Morgan fingerprint density at radius 3 is 2.93 bits per heavy atom. The number of rotatable bonds is 8. The molecule has 0 heterocycles. The van der Waals surface area contributed by atoms with Gasteiger partial charge in [-0.25, -0.2) is 0 Å². The molecule has 0 radical (unpaired) electrons. The molecule has 0 saturated heterocycles.